The molecule has 6 nitrogen and oxygen atoms in total. The number of hydrogen-bond donors (Lipinski definition) is 1. The fourth-order valence-electron chi connectivity index (χ4n) is 3.51. The molecule has 1 N–H and O–H groups in total. The van der Waals surface area contributed by atoms with E-state index in [0.717, 1.165) is 5.56 Å². The number of hydrogen-bond acceptors (Lipinski definition) is 5. The molecular formula is C19H20F2N2O4S. The third kappa shape index (κ3) is 3.49. The number of nitrogens with zero attached hydrogens (tertiary/aromatic N) is 1. The molecule has 0 saturated carbocycles. The van der Waals surface area contributed by atoms with Crippen molar-refractivity contribution in [3.05, 3.63) is 47.3 Å². The molecule has 3 heterocycles. The predicted octanol–water partition coefficient (Wildman–Crippen LogP) is 3.13. The molecule has 0 saturated heterocycles. The van der Waals surface area contributed by atoms with Crippen molar-refractivity contribution in [1.82, 2.24) is 9.71 Å². The lowest BCUT2D eigenvalue weighted by Gasteiger charge is -2.29. The van der Waals surface area contributed by atoms with Crippen LogP contribution in [0.5, 0.6) is 5.75 Å². The van der Waals surface area contributed by atoms with Crippen molar-refractivity contribution in [2.75, 3.05) is 19.0 Å². The summed E-state index contributed by atoms with van der Waals surface area (Å²) in [6.07, 6.45) is 2.82. The third-order valence-corrected chi connectivity index (χ3v) is 6.46. The first-order chi connectivity index (χ1) is 13.3. The fourth-order valence-corrected chi connectivity index (χ4v) is 4.31. The van der Waals surface area contributed by atoms with E-state index < -0.39 is 22.0 Å². The smallest absolute Gasteiger partial charge is 0.280 e. The molecule has 0 fully saturated rings. The van der Waals surface area contributed by atoms with E-state index in [-0.39, 0.29) is 43.3 Å². The molecule has 4 rings (SSSR count). The van der Waals surface area contributed by atoms with Gasteiger partial charge in [-0.1, -0.05) is 6.07 Å². The third-order valence-electron chi connectivity index (χ3n) is 5.06. The van der Waals surface area contributed by atoms with Crippen molar-refractivity contribution in [2.24, 2.45) is 0 Å². The van der Waals surface area contributed by atoms with Crippen molar-refractivity contribution in [3.8, 4) is 16.9 Å². The van der Waals surface area contributed by atoms with E-state index in [9.17, 15) is 17.2 Å². The summed E-state index contributed by atoms with van der Waals surface area (Å²) < 4.78 is 66.2. The maximum absolute atomic E-state index is 14.3. The maximum Gasteiger partial charge on any atom is 0.280 e. The average molecular weight is 410 g/mol. The summed E-state index contributed by atoms with van der Waals surface area (Å²) in [7, 11) is -3.44. The minimum absolute atomic E-state index is 0.0191. The number of rotatable bonds is 4. The Hall–Kier alpha value is -2.10. The van der Waals surface area contributed by atoms with Gasteiger partial charge in [-0.05, 0) is 35.7 Å². The largest absolute Gasteiger partial charge is 0.493 e. The molecule has 0 spiro atoms. The van der Waals surface area contributed by atoms with Crippen LogP contribution in [-0.2, 0) is 27.3 Å². The number of halogens is 2. The highest BCUT2D eigenvalue weighted by Crippen LogP contribution is 2.44. The molecule has 2 aliphatic rings. The first-order valence-electron chi connectivity index (χ1n) is 9.01. The first-order valence-corrected chi connectivity index (χ1v) is 10.7. The summed E-state index contributed by atoms with van der Waals surface area (Å²) in [5, 5.41) is 0. The van der Waals surface area contributed by atoms with Crippen LogP contribution in [0.1, 0.15) is 36.1 Å². The number of nitrogens with one attached hydrogen (secondary N) is 1. The van der Waals surface area contributed by atoms with E-state index in [0.29, 0.717) is 16.7 Å². The standard InChI is InChI=1S/C19H20F2N2O4S/c1-2-28(24,25)23-17-11-26-10-15-13(8-22-9-14(15)17)12-3-4-18-16(7-12)19(20,21)5-6-27-18/h3-4,7-9,17,23H,2,5-6,10-11H2,1H3. The Morgan fingerprint density at radius 3 is 2.93 bits per heavy atom. The topological polar surface area (TPSA) is 77.5 Å². The van der Waals surface area contributed by atoms with E-state index in [1.54, 1.807) is 25.4 Å². The van der Waals surface area contributed by atoms with E-state index >= 15 is 0 Å². The van der Waals surface area contributed by atoms with Crippen LogP contribution in [0.15, 0.2) is 30.6 Å². The second-order valence-corrected chi connectivity index (χ2v) is 8.90. The number of aromatic nitrogens is 1. The van der Waals surface area contributed by atoms with Crippen LogP contribution in [0.2, 0.25) is 0 Å². The van der Waals surface area contributed by atoms with Crippen LogP contribution in [0.25, 0.3) is 11.1 Å². The van der Waals surface area contributed by atoms with Gasteiger partial charge in [-0.2, -0.15) is 0 Å². The highest BCUT2D eigenvalue weighted by atomic mass is 32.2. The molecule has 0 amide bonds. The molecular weight excluding hydrogens is 390 g/mol. The highest BCUT2D eigenvalue weighted by molar-refractivity contribution is 7.89. The van der Waals surface area contributed by atoms with Gasteiger partial charge in [0.05, 0.1) is 43.6 Å². The van der Waals surface area contributed by atoms with Crippen LogP contribution in [0.4, 0.5) is 8.78 Å². The molecule has 1 atom stereocenters. The number of pyridine rings is 1. The number of alkyl halides is 2. The molecule has 0 bridgehead atoms. The Morgan fingerprint density at radius 1 is 1.32 bits per heavy atom. The van der Waals surface area contributed by atoms with E-state index in [4.69, 9.17) is 9.47 Å². The fraction of sp³-hybridized carbons (Fsp3) is 0.421. The Bertz CT molecular complexity index is 1010. The van der Waals surface area contributed by atoms with Crippen LogP contribution in [0, 0.1) is 0 Å². The number of sulfonamides is 1. The zero-order valence-electron chi connectivity index (χ0n) is 15.2. The van der Waals surface area contributed by atoms with Crippen molar-refractivity contribution >= 4 is 10.0 Å². The average Bonchev–Trinajstić information content (AvgIpc) is 2.67. The Labute approximate surface area is 161 Å². The molecule has 1 unspecified atom stereocenters. The quantitative estimate of drug-likeness (QED) is 0.838. The second-order valence-electron chi connectivity index (χ2n) is 6.86. The van der Waals surface area contributed by atoms with E-state index in [2.05, 4.69) is 9.71 Å². The summed E-state index contributed by atoms with van der Waals surface area (Å²) in [4.78, 5) is 4.22. The van der Waals surface area contributed by atoms with Crippen LogP contribution < -0.4 is 9.46 Å². The minimum atomic E-state index is -3.44. The summed E-state index contributed by atoms with van der Waals surface area (Å²) >= 11 is 0. The van der Waals surface area contributed by atoms with Gasteiger partial charge in [0.2, 0.25) is 10.0 Å². The zero-order chi connectivity index (χ0) is 19.9. The van der Waals surface area contributed by atoms with Crippen molar-refractivity contribution in [1.29, 1.82) is 0 Å². The monoisotopic (exact) mass is 410 g/mol. The SMILES string of the molecule is CCS(=O)(=O)NC1COCc2c(-c3ccc4c(c3)C(F)(F)CCO4)cncc21. The Morgan fingerprint density at radius 2 is 2.14 bits per heavy atom. The van der Waals surface area contributed by atoms with Gasteiger partial charge in [0.1, 0.15) is 5.75 Å². The lowest BCUT2D eigenvalue weighted by atomic mass is 9.91. The molecule has 150 valence electrons. The molecule has 28 heavy (non-hydrogen) atoms. The first kappa shape index (κ1) is 19.2. The van der Waals surface area contributed by atoms with Gasteiger partial charge < -0.3 is 9.47 Å². The van der Waals surface area contributed by atoms with Crippen LogP contribution in [0.3, 0.4) is 0 Å². The van der Waals surface area contributed by atoms with Gasteiger partial charge in [0, 0.05) is 18.0 Å². The number of benzene rings is 1. The van der Waals surface area contributed by atoms with Crippen molar-refractivity contribution < 1.29 is 26.7 Å². The van der Waals surface area contributed by atoms with Gasteiger partial charge in [0.15, 0.2) is 0 Å². The lowest BCUT2D eigenvalue weighted by Crippen LogP contribution is -2.35. The summed E-state index contributed by atoms with van der Waals surface area (Å²) in [6.45, 7) is 1.97. The normalized spacial score (nSPS) is 20.8. The van der Waals surface area contributed by atoms with Crippen molar-refractivity contribution in [3.63, 3.8) is 0 Å². The molecule has 1 aromatic heterocycles. The molecule has 1 aromatic carbocycles. The molecule has 2 aliphatic heterocycles. The van der Waals surface area contributed by atoms with Crippen molar-refractivity contribution in [2.45, 2.75) is 31.9 Å². The minimum Gasteiger partial charge on any atom is -0.493 e. The van der Waals surface area contributed by atoms with Gasteiger partial charge in [-0.15, -0.1) is 0 Å². The summed E-state index contributed by atoms with van der Waals surface area (Å²) in [5.41, 5.74) is 2.50. The second kappa shape index (κ2) is 7.06. The van der Waals surface area contributed by atoms with E-state index in [1.165, 1.54) is 12.1 Å². The van der Waals surface area contributed by atoms with Gasteiger partial charge >= 0.3 is 0 Å². The van der Waals surface area contributed by atoms with Gasteiger partial charge in [-0.25, -0.2) is 21.9 Å². The molecule has 9 heteroatoms. The van der Waals surface area contributed by atoms with E-state index in [1.807, 2.05) is 0 Å². The Balaban J connectivity index is 1.77. The summed E-state index contributed by atoms with van der Waals surface area (Å²) in [6, 6.07) is 4.10. The molecule has 0 aliphatic carbocycles. The molecule has 0 radical (unpaired) electrons. The lowest BCUT2D eigenvalue weighted by molar-refractivity contribution is -0.0404. The number of ether oxygens (including phenoxy) is 2. The highest BCUT2D eigenvalue weighted by Gasteiger charge is 2.38. The van der Waals surface area contributed by atoms with Gasteiger partial charge in [-0.3, -0.25) is 4.98 Å². The molecule has 2 aromatic rings. The van der Waals surface area contributed by atoms with Crippen LogP contribution in [-0.4, -0.2) is 32.4 Å². The Kier molecular flexibility index (Phi) is 4.84. The maximum atomic E-state index is 14.3. The number of fused-ring (bicyclic) bond motifs is 2. The van der Waals surface area contributed by atoms with Crippen LogP contribution >= 0.6 is 0 Å². The van der Waals surface area contributed by atoms with Gasteiger partial charge in [0.25, 0.3) is 5.92 Å². The predicted molar refractivity (Wildman–Crippen MR) is 98.7 cm³/mol. The summed E-state index contributed by atoms with van der Waals surface area (Å²) in [5.74, 6) is -2.82. The zero-order valence-corrected chi connectivity index (χ0v) is 16.1.